The molecule has 0 N–H and O–H groups in total. The molecule has 0 aromatic rings. The quantitative estimate of drug-likeness (QED) is 0.529. The normalized spacial score (nSPS) is 21.8. The average molecular weight is 253 g/mol. The van der Waals surface area contributed by atoms with Crippen molar-refractivity contribution in [1.82, 2.24) is 4.90 Å². The smallest absolute Gasteiger partial charge is 0.320 e. The lowest BCUT2D eigenvalue weighted by Gasteiger charge is -2.14. The lowest BCUT2D eigenvalue weighted by atomic mass is 10.0. The first-order chi connectivity index (χ1) is 8.66. The summed E-state index contributed by atoms with van der Waals surface area (Å²) in [5, 5.41) is 0. The van der Waals surface area contributed by atoms with Gasteiger partial charge in [0, 0.05) is 12.8 Å². The first kappa shape index (κ1) is 13.2. The Kier molecular flexibility index (Phi) is 4.47. The Bertz CT molecular complexity index is 331. The number of Topliss-reactive ketones (excluding diaryl/α,β-unsaturated/α-hetero) is 2. The van der Waals surface area contributed by atoms with Crippen LogP contribution in [0.25, 0.3) is 0 Å². The minimum Gasteiger partial charge on any atom is -0.465 e. The molecule has 1 saturated carbocycles. The Morgan fingerprint density at radius 1 is 1.17 bits per heavy atom. The van der Waals surface area contributed by atoms with Gasteiger partial charge >= 0.3 is 5.97 Å². The highest BCUT2D eigenvalue weighted by Crippen LogP contribution is 2.20. The number of hydrogen-bond acceptors (Lipinski definition) is 5. The van der Waals surface area contributed by atoms with Gasteiger partial charge in [-0.2, -0.15) is 0 Å². The molecule has 0 aromatic heterocycles. The largest absolute Gasteiger partial charge is 0.465 e. The van der Waals surface area contributed by atoms with Gasteiger partial charge in [-0.25, -0.2) is 0 Å². The number of ether oxygens (including phenoxy) is 1. The van der Waals surface area contributed by atoms with E-state index in [9.17, 15) is 14.4 Å². The molecule has 0 bridgehead atoms. The molecular weight excluding hydrogens is 234 g/mol. The standard InChI is InChI=1S/C13H19NO4/c15-11-3-4-12(16)10(11)5-8-18-13(17)9-14-6-1-2-7-14/h10H,1-9H2. The first-order valence-corrected chi connectivity index (χ1v) is 6.60. The zero-order chi connectivity index (χ0) is 13.0. The van der Waals surface area contributed by atoms with E-state index in [-0.39, 0.29) is 24.1 Å². The van der Waals surface area contributed by atoms with Gasteiger partial charge in [0.25, 0.3) is 0 Å². The van der Waals surface area contributed by atoms with E-state index in [0.717, 1.165) is 25.9 Å². The minimum absolute atomic E-state index is 0.00408. The number of nitrogens with zero attached hydrogens (tertiary/aromatic N) is 1. The third-order valence-corrected chi connectivity index (χ3v) is 3.62. The Morgan fingerprint density at radius 2 is 1.78 bits per heavy atom. The summed E-state index contributed by atoms with van der Waals surface area (Å²) in [5.74, 6) is -0.787. The van der Waals surface area contributed by atoms with Crippen molar-refractivity contribution in [2.75, 3.05) is 26.2 Å². The fourth-order valence-corrected chi connectivity index (χ4v) is 2.56. The zero-order valence-corrected chi connectivity index (χ0v) is 10.5. The summed E-state index contributed by atoms with van der Waals surface area (Å²) in [5.41, 5.74) is 0. The van der Waals surface area contributed by atoms with Crippen molar-refractivity contribution in [1.29, 1.82) is 0 Å². The molecule has 100 valence electrons. The second-order valence-corrected chi connectivity index (χ2v) is 4.98. The summed E-state index contributed by atoms with van der Waals surface area (Å²) in [7, 11) is 0. The Morgan fingerprint density at radius 3 is 2.39 bits per heavy atom. The third kappa shape index (κ3) is 3.38. The van der Waals surface area contributed by atoms with E-state index in [4.69, 9.17) is 4.74 Å². The van der Waals surface area contributed by atoms with Crippen molar-refractivity contribution < 1.29 is 19.1 Å². The van der Waals surface area contributed by atoms with E-state index in [1.807, 2.05) is 0 Å². The van der Waals surface area contributed by atoms with Crippen molar-refractivity contribution in [3.63, 3.8) is 0 Å². The van der Waals surface area contributed by atoms with Crippen LogP contribution in [0.4, 0.5) is 0 Å². The van der Waals surface area contributed by atoms with Gasteiger partial charge in [0.1, 0.15) is 11.6 Å². The summed E-state index contributed by atoms with van der Waals surface area (Å²) < 4.78 is 5.08. The minimum atomic E-state index is -0.524. The molecule has 0 spiro atoms. The van der Waals surface area contributed by atoms with Crippen molar-refractivity contribution in [3.05, 3.63) is 0 Å². The van der Waals surface area contributed by atoms with Crippen LogP contribution in [-0.2, 0) is 19.1 Å². The molecule has 1 aliphatic heterocycles. The fourth-order valence-electron chi connectivity index (χ4n) is 2.56. The maximum atomic E-state index is 11.5. The molecule has 0 aromatic carbocycles. The molecule has 0 atom stereocenters. The Labute approximate surface area is 106 Å². The molecule has 0 unspecified atom stereocenters. The average Bonchev–Trinajstić information content (AvgIpc) is 2.93. The van der Waals surface area contributed by atoms with Crippen LogP contribution in [0.3, 0.4) is 0 Å². The number of carbonyl (C=O) groups is 3. The monoisotopic (exact) mass is 253 g/mol. The molecule has 5 heteroatoms. The summed E-state index contributed by atoms with van der Waals surface area (Å²) >= 11 is 0. The van der Waals surface area contributed by atoms with Crippen LogP contribution in [0.1, 0.15) is 32.1 Å². The number of esters is 1. The van der Waals surface area contributed by atoms with Gasteiger partial charge in [-0.3, -0.25) is 19.3 Å². The molecule has 1 heterocycles. The predicted octanol–water partition coefficient (Wildman–Crippen LogP) is 0.564. The zero-order valence-electron chi connectivity index (χ0n) is 10.5. The van der Waals surface area contributed by atoms with E-state index in [1.165, 1.54) is 0 Å². The summed E-state index contributed by atoms with van der Waals surface area (Å²) in [6.07, 6.45) is 3.33. The van der Waals surface area contributed by atoms with Crippen molar-refractivity contribution in [2.24, 2.45) is 5.92 Å². The van der Waals surface area contributed by atoms with Gasteiger partial charge in [0.05, 0.1) is 19.1 Å². The Balaban J connectivity index is 1.64. The predicted molar refractivity (Wildman–Crippen MR) is 64.0 cm³/mol. The molecule has 0 radical (unpaired) electrons. The SMILES string of the molecule is O=C(CN1CCCC1)OCCC1C(=O)CCC1=O. The molecule has 2 rings (SSSR count). The van der Waals surface area contributed by atoms with E-state index >= 15 is 0 Å². The van der Waals surface area contributed by atoms with Crippen LogP contribution in [0, 0.1) is 5.92 Å². The summed E-state index contributed by atoms with van der Waals surface area (Å²) in [4.78, 5) is 36.3. The van der Waals surface area contributed by atoms with Gasteiger partial charge in [0.2, 0.25) is 0 Å². The van der Waals surface area contributed by atoms with E-state index in [0.29, 0.717) is 25.8 Å². The maximum absolute atomic E-state index is 11.5. The van der Waals surface area contributed by atoms with Crippen LogP contribution in [-0.4, -0.2) is 48.7 Å². The van der Waals surface area contributed by atoms with E-state index in [1.54, 1.807) is 0 Å². The van der Waals surface area contributed by atoms with Crippen molar-refractivity contribution in [3.8, 4) is 0 Å². The highest BCUT2D eigenvalue weighted by Gasteiger charge is 2.32. The number of hydrogen-bond donors (Lipinski definition) is 0. The molecule has 5 nitrogen and oxygen atoms in total. The second kappa shape index (κ2) is 6.09. The van der Waals surface area contributed by atoms with Gasteiger partial charge in [-0.15, -0.1) is 0 Å². The molecular formula is C13H19NO4. The van der Waals surface area contributed by atoms with Gasteiger partial charge in [0.15, 0.2) is 0 Å². The highest BCUT2D eigenvalue weighted by molar-refractivity contribution is 6.08. The van der Waals surface area contributed by atoms with Gasteiger partial charge in [-0.05, 0) is 32.4 Å². The fraction of sp³-hybridized carbons (Fsp3) is 0.769. The molecule has 18 heavy (non-hydrogen) atoms. The number of ketones is 2. The van der Waals surface area contributed by atoms with E-state index < -0.39 is 5.92 Å². The van der Waals surface area contributed by atoms with Crippen molar-refractivity contribution >= 4 is 17.5 Å². The summed E-state index contributed by atoms with van der Waals surface area (Å²) in [6.45, 7) is 2.41. The Hall–Kier alpha value is -1.23. The lowest BCUT2D eigenvalue weighted by molar-refractivity contribution is -0.146. The highest BCUT2D eigenvalue weighted by atomic mass is 16.5. The summed E-state index contributed by atoms with van der Waals surface area (Å²) in [6, 6.07) is 0. The number of rotatable bonds is 5. The second-order valence-electron chi connectivity index (χ2n) is 4.98. The molecule has 0 amide bonds. The lowest BCUT2D eigenvalue weighted by Crippen LogP contribution is -2.29. The topological polar surface area (TPSA) is 63.7 Å². The number of likely N-dealkylation sites (tertiary alicyclic amines) is 1. The molecule has 2 aliphatic rings. The molecule has 1 aliphatic carbocycles. The van der Waals surface area contributed by atoms with Crippen LogP contribution < -0.4 is 0 Å². The maximum Gasteiger partial charge on any atom is 0.320 e. The van der Waals surface area contributed by atoms with Crippen LogP contribution in [0.15, 0.2) is 0 Å². The van der Waals surface area contributed by atoms with E-state index in [2.05, 4.69) is 4.90 Å². The number of carbonyl (C=O) groups excluding carboxylic acids is 3. The third-order valence-electron chi connectivity index (χ3n) is 3.62. The van der Waals surface area contributed by atoms with Crippen LogP contribution in [0.2, 0.25) is 0 Å². The van der Waals surface area contributed by atoms with Gasteiger partial charge < -0.3 is 4.74 Å². The van der Waals surface area contributed by atoms with Crippen molar-refractivity contribution in [2.45, 2.75) is 32.1 Å². The first-order valence-electron chi connectivity index (χ1n) is 6.60. The molecule has 2 fully saturated rings. The van der Waals surface area contributed by atoms with Crippen LogP contribution in [0.5, 0.6) is 0 Å². The van der Waals surface area contributed by atoms with Crippen LogP contribution >= 0.6 is 0 Å². The molecule has 1 saturated heterocycles. The van der Waals surface area contributed by atoms with Gasteiger partial charge in [-0.1, -0.05) is 0 Å².